The molecule has 9 atom stereocenters. The van der Waals surface area contributed by atoms with Crippen LogP contribution in [0.1, 0.15) is 96.3 Å². The van der Waals surface area contributed by atoms with Gasteiger partial charge in [0.05, 0.1) is 48.7 Å². The molecule has 0 radical (unpaired) electrons. The molecule has 1 aromatic heterocycles. The lowest BCUT2D eigenvalue weighted by atomic mass is 9.78. The van der Waals surface area contributed by atoms with Crippen molar-refractivity contribution in [2.45, 2.75) is 120 Å². The molecule has 4 N–H and O–H groups in total. The molecule has 19 heteroatoms. The van der Waals surface area contributed by atoms with Crippen molar-refractivity contribution >= 4 is 62.0 Å². The highest BCUT2D eigenvalue weighted by Crippen LogP contribution is 2.49. The number of morpholine rings is 1. The molecular formula is C65H81N5O14. The first-order valence-corrected chi connectivity index (χ1v) is 29.0. The van der Waals surface area contributed by atoms with E-state index in [-0.39, 0.29) is 73.1 Å². The number of methoxy groups -OCH3 is 1. The number of nitrogens with zero attached hydrogens (tertiary/aromatic N) is 4. The van der Waals surface area contributed by atoms with Gasteiger partial charge in [-0.2, -0.15) is 0 Å². The summed E-state index contributed by atoms with van der Waals surface area (Å²) in [7, 11) is 1.45. The van der Waals surface area contributed by atoms with Gasteiger partial charge in [0.25, 0.3) is 11.7 Å². The summed E-state index contributed by atoms with van der Waals surface area (Å²) in [6.07, 6.45) is 3.58. The predicted octanol–water partition coefficient (Wildman–Crippen LogP) is 9.09. The maximum Gasteiger partial charge on any atom is 0.312 e. The van der Waals surface area contributed by atoms with Crippen molar-refractivity contribution in [3.63, 3.8) is 0 Å². The number of ether oxygens (including phenoxy) is 6. The summed E-state index contributed by atoms with van der Waals surface area (Å²) >= 11 is 0. The molecule has 5 bridgehead atoms. The Kier molecular flexibility index (Phi) is 18.0. The number of carbonyl (C=O) groups is 3. The van der Waals surface area contributed by atoms with Crippen molar-refractivity contribution in [1.82, 2.24) is 14.8 Å². The van der Waals surface area contributed by atoms with Crippen LogP contribution in [0.2, 0.25) is 0 Å². The van der Waals surface area contributed by atoms with Gasteiger partial charge < -0.3 is 63.3 Å². The van der Waals surface area contributed by atoms with E-state index in [0.29, 0.717) is 45.1 Å². The number of phenols is 1. The Labute approximate surface area is 490 Å². The maximum atomic E-state index is 15.3. The van der Waals surface area contributed by atoms with Crippen LogP contribution < -0.4 is 25.1 Å². The number of aliphatic hydroxyl groups excluding tert-OH is 2. The smallest absolute Gasteiger partial charge is 0.312 e. The van der Waals surface area contributed by atoms with Gasteiger partial charge in [-0.15, -0.1) is 0 Å². The van der Waals surface area contributed by atoms with Crippen LogP contribution in [-0.4, -0.2) is 138 Å². The monoisotopic (exact) mass is 1160 g/mol. The van der Waals surface area contributed by atoms with Crippen LogP contribution >= 0.6 is 0 Å². The molecule has 2 fully saturated rings. The largest absolute Gasteiger partial charge is 0.505 e. The van der Waals surface area contributed by atoms with Gasteiger partial charge in [-0.3, -0.25) is 24.1 Å². The van der Waals surface area contributed by atoms with Crippen molar-refractivity contribution in [2.75, 3.05) is 69.8 Å². The van der Waals surface area contributed by atoms with E-state index in [4.69, 9.17) is 37.8 Å². The number of carbonyl (C=O) groups excluding carboxylic acids is 3. The first-order valence-electron chi connectivity index (χ1n) is 29.0. The Morgan fingerprint density at radius 3 is 2.23 bits per heavy atom. The Balaban J connectivity index is 1.22. The van der Waals surface area contributed by atoms with Gasteiger partial charge in [-0.25, -0.2) is 4.98 Å². The van der Waals surface area contributed by atoms with Gasteiger partial charge in [-0.1, -0.05) is 97.5 Å². The minimum absolute atomic E-state index is 0.0277. The number of rotatable bonds is 9. The normalized spacial score (nSPS) is 27.3. The quantitative estimate of drug-likeness (QED) is 0.0466. The van der Waals surface area contributed by atoms with Crippen LogP contribution in [0.3, 0.4) is 0 Å². The molecule has 0 unspecified atom stereocenters. The third kappa shape index (κ3) is 12.3. The van der Waals surface area contributed by atoms with Gasteiger partial charge in [0.2, 0.25) is 0 Å². The maximum absolute atomic E-state index is 15.3. The Morgan fingerprint density at radius 1 is 0.893 bits per heavy atom. The number of Topliss-reactive ketones (excluding diaryl/α,β-unsaturated/α-hetero) is 1. The fourth-order valence-corrected chi connectivity index (χ4v) is 11.8. The number of aromatic hydroxyl groups is 1. The molecule has 5 aromatic rings. The number of esters is 1. The minimum Gasteiger partial charge on any atom is -0.505 e. The number of hydrogen-bond acceptors (Lipinski definition) is 18. The van der Waals surface area contributed by atoms with E-state index in [0.717, 1.165) is 42.1 Å². The second kappa shape index (κ2) is 24.7. The number of fused-ring (bicyclic) bond motifs is 5. The summed E-state index contributed by atoms with van der Waals surface area (Å²) < 4.78 is 43.6. The van der Waals surface area contributed by atoms with Crippen molar-refractivity contribution in [3.05, 3.63) is 117 Å². The molecule has 0 saturated carbocycles. The minimum atomic E-state index is -2.11. The highest BCUT2D eigenvalue weighted by atomic mass is 16.7. The Morgan fingerprint density at radius 2 is 1.57 bits per heavy atom. The highest BCUT2D eigenvalue weighted by molar-refractivity contribution is 6.26. The zero-order chi connectivity index (χ0) is 60.7. The third-order valence-corrected chi connectivity index (χ3v) is 17.2. The van der Waals surface area contributed by atoms with Gasteiger partial charge in [0, 0.05) is 136 Å². The van der Waals surface area contributed by atoms with E-state index in [2.05, 4.69) is 59.5 Å². The average Bonchev–Trinajstić information content (AvgIpc) is 1.41. The van der Waals surface area contributed by atoms with Crippen LogP contribution in [0.5, 0.6) is 17.2 Å². The SMILES string of the molecule is C=C(N1CCN(c2cc(OCc3ccc(CN4CCOCC4)cc3)c3nc4c(oc3c2)c2c(O)c3c(=O)c(C)c5c(c34)C(=O)[C@@](C)(O/C=C/[C@H](OC)[C@@H](C)[C@@H](OC(C)=O)[C@H](C)[C@H](O)[C@H](C)[C@@H](O)[C@@H](C)/C=C/C=C(/C)C(=O)N2)O5)CC1)C(C)(C)C. The summed E-state index contributed by atoms with van der Waals surface area (Å²) in [5.74, 6) is -7.18. The van der Waals surface area contributed by atoms with E-state index in [1.165, 1.54) is 46.3 Å². The van der Waals surface area contributed by atoms with Crippen molar-refractivity contribution in [3.8, 4) is 17.2 Å². The number of nitrogens with one attached hydrogen (secondary N) is 1. The lowest BCUT2D eigenvalue weighted by Crippen LogP contribution is -2.47. The number of aromatic nitrogens is 1. The molecule has 5 heterocycles. The third-order valence-electron chi connectivity index (χ3n) is 17.2. The van der Waals surface area contributed by atoms with Crippen molar-refractivity contribution in [1.29, 1.82) is 0 Å². The van der Waals surface area contributed by atoms with Crippen LogP contribution in [-0.2, 0) is 41.7 Å². The first kappa shape index (κ1) is 61.3. The molecule has 0 aliphatic carbocycles. The van der Waals surface area contributed by atoms with Crippen LogP contribution in [0, 0.1) is 36.0 Å². The number of aliphatic hydroxyl groups is 2. The fourth-order valence-electron chi connectivity index (χ4n) is 11.8. The Hall–Kier alpha value is -7.29. The topological polar surface area (TPSA) is 232 Å². The number of amides is 1. The van der Waals surface area contributed by atoms with Crippen LogP contribution in [0.4, 0.5) is 11.4 Å². The van der Waals surface area contributed by atoms with Crippen LogP contribution in [0.15, 0.2) is 94.0 Å². The highest BCUT2D eigenvalue weighted by Gasteiger charge is 2.50. The first-order chi connectivity index (χ1) is 39.8. The summed E-state index contributed by atoms with van der Waals surface area (Å²) in [6.45, 7) is 30.2. The van der Waals surface area contributed by atoms with Crippen LogP contribution in [0.25, 0.3) is 33.0 Å². The van der Waals surface area contributed by atoms with Crippen molar-refractivity contribution < 1.29 is 62.5 Å². The fraction of sp³-hybridized carbons (Fsp3) is 0.492. The molecule has 4 aliphatic rings. The second-order valence-corrected chi connectivity index (χ2v) is 24.2. The molecule has 19 nitrogen and oxygen atoms in total. The molecular weight excluding hydrogens is 1070 g/mol. The summed E-state index contributed by atoms with van der Waals surface area (Å²) in [5.41, 5.74) is 2.93. The van der Waals surface area contributed by atoms with Gasteiger partial charge >= 0.3 is 11.8 Å². The molecule has 9 rings (SSSR count). The molecule has 84 heavy (non-hydrogen) atoms. The molecule has 0 spiro atoms. The Bertz CT molecular complexity index is 3500. The number of hydrogen-bond donors (Lipinski definition) is 4. The van der Waals surface area contributed by atoms with E-state index >= 15 is 4.79 Å². The molecule has 4 aliphatic heterocycles. The average molecular weight is 1160 g/mol. The molecule has 1 amide bonds. The summed E-state index contributed by atoms with van der Waals surface area (Å²) in [4.78, 5) is 69.3. The lowest BCUT2D eigenvalue weighted by Gasteiger charge is -2.41. The van der Waals surface area contributed by atoms with Crippen molar-refractivity contribution in [2.24, 2.45) is 29.1 Å². The number of ketones is 1. The van der Waals surface area contributed by atoms with E-state index in [1.54, 1.807) is 46.8 Å². The zero-order valence-corrected chi connectivity index (χ0v) is 50.4. The zero-order valence-electron chi connectivity index (χ0n) is 50.4. The summed E-state index contributed by atoms with van der Waals surface area (Å²) in [6, 6.07) is 12.0. The number of anilines is 2. The van der Waals surface area contributed by atoms with E-state index in [1.807, 2.05) is 24.3 Å². The standard InChI is InChI=1S/C65H81N5O14/c1-35-15-14-16-36(2)63(77)67-54-58(75)50-49(51-60(40(6)57(50)74)84-65(12,62(51)76)81-28-21-46(78-13)37(3)59(82-42(8)71)39(5)56(73)38(4)55(35)72)53-61(54)83-48-32-45(70-24-22-69(23-25-70)41(7)64(9,10)11)31-47(52(48)66-53)80-34-44-19-17-43(18-20-44)33-68-26-29-79-30-27-68/h14-21,28,31-32,35,37-39,46,55-56,59,72-73,75H,7,22-27,29-30,33-34H2,1-6,8-13H3,(H,67,77)/b15-14+,28-21+,36-16-/t35-,37+,38+,39+,46-,55-,56+,59+,65-/m0/s1. The molecule has 2 saturated heterocycles. The van der Waals surface area contributed by atoms with E-state index in [9.17, 15) is 29.7 Å². The van der Waals surface area contributed by atoms with Gasteiger partial charge in [0.15, 0.2) is 28.1 Å². The number of benzene rings is 4. The number of allylic oxidation sites excluding steroid dienone is 3. The lowest BCUT2D eigenvalue weighted by molar-refractivity contribution is -0.160. The second-order valence-electron chi connectivity index (χ2n) is 24.2. The van der Waals surface area contributed by atoms with Gasteiger partial charge in [-0.05, 0) is 31.1 Å². The number of phenolic OH excluding ortho intramolecular Hbond substituents is 1. The van der Waals surface area contributed by atoms with Gasteiger partial charge in [0.1, 0.15) is 35.2 Å². The predicted molar refractivity (Wildman–Crippen MR) is 321 cm³/mol. The van der Waals surface area contributed by atoms with E-state index < -0.39 is 82.7 Å². The number of piperazine rings is 1. The molecule has 450 valence electrons. The molecule has 4 aromatic carbocycles. The summed E-state index contributed by atoms with van der Waals surface area (Å²) in [5, 5.41) is 38.3.